The number of para-hydroxylation sites is 2. The molecule has 724 valence electrons. The number of aryl methyl sites for hydroxylation is 2. The fourth-order valence-corrected chi connectivity index (χ4v) is 13.3. The lowest BCUT2D eigenvalue weighted by atomic mass is 9.87. The lowest BCUT2D eigenvalue weighted by Crippen LogP contribution is -2.37. The molecule has 0 aliphatic carbocycles. The molecule has 1 saturated heterocycles. The Morgan fingerprint density at radius 2 is 1.13 bits per heavy atom. The van der Waals surface area contributed by atoms with Crippen LogP contribution in [0.4, 0.5) is 5.95 Å². The van der Waals surface area contributed by atoms with Gasteiger partial charge in [0.2, 0.25) is 11.8 Å². The van der Waals surface area contributed by atoms with E-state index in [1.807, 2.05) is 98.4 Å². The molecule has 4 aromatic heterocycles. The topological polar surface area (TPSA) is 190 Å². The number of benzene rings is 7. The van der Waals surface area contributed by atoms with Crippen molar-refractivity contribution < 1.29 is 33.2 Å². The van der Waals surface area contributed by atoms with E-state index in [0.717, 1.165) is 104 Å². The molecule has 18 heteroatoms. The molecular formula is C115H165ClN10O7. The molecule has 2 aliphatic rings. The Balaban J connectivity index is 0.000000266. The summed E-state index contributed by atoms with van der Waals surface area (Å²) in [5.74, 6) is 5.48. The van der Waals surface area contributed by atoms with E-state index in [0.29, 0.717) is 56.7 Å². The second-order valence-electron chi connectivity index (χ2n) is 45.1. The molecule has 5 unspecified atom stereocenters. The highest BCUT2D eigenvalue weighted by molar-refractivity contribution is 6.31. The van der Waals surface area contributed by atoms with Gasteiger partial charge in [-0.05, 0) is 198 Å². The molecule has 0 N–H and O–H groups in total. The molecule has 0 spiro atoms. The minimum atomic E-state index is -0.0684. The average Bonchev–Trinajstić information content (AvgIpc) is 1.80. The van der Waals surface area contributed by atoms with Gasteiger partial charge in [-0.1, -0.05) is 326 Å². The second kappa shape index (κ2) is 50.9. The number of nitrogens with zero attached hydrogens (tertiary/aromatic N) is 10. The summed E-state index contributed by atoms with van der Waals surface area (Å²) in [5, 5.41) is 27.8. The number of methoxy groups -OCH3 is 1. The van der Waals surface area contributed by atoms with Crippen molar-refractivity contribution in [1.82, 2.24) is 34.5 Å². The second-order valence-corrected chi connectivity index (χ2v) is 45.5. The van der Waals surface area contributed by atoms with E-state index in [9.17, 15) is 0 Å². The van der Waals surface area contributed by atoms with E-state index in [2.05, 4.69) is 372 Å². The van der Waals surface area contributed by atoms with Gasteiger partial charge in [0.1, 0.15) is 59.0 Å². The maximum Gasteiger partial charge on any atom is 0.225 e. The van der Waals surface area contributed by atoms with Crippen molar-refractivity contribution in [3.63, 3.8) is 0 Å². The molecule has 0 radical (unpaired) electrons. The summed E-state index contributed by atoms with van der Waals surface area (Å²) in [6, 6.07) is 64.9. The Hall–Kier alpha value is -10.3. The zero-order chi connectivity index (χ0) is 99.8. The number of hydrogen-bond acceptors (Lipinski definition) is 15. The van der Waals surface area contributed by atoms with Gasteiger partial charge in [-0.25, -0.2) is 19.6 Å². The first-order valence-corrected chi connectivity index (χ1v) is 47.9. The van der Waals surface area contributed by atoms with Gasteiger partial charge in [0, 0.05) is 74.0 Å². The summed E-state index contributed by atoms with van der Waals surface area (Å²) in [5.41, 5.74) is 14.9. The minimum Gasteiger partial charge on any atom is -0.497 e. The molecule has 133 heavy (non-hydrogen) atoms. The molecule has 11 aromatic rings. The highest BCUT2D eigenvalue weighted by Gasteiger charge is 2.33. The molecule has 0 saturated carbocycles. The normalized spacial score (nSPS) is 14.2. The van der Waals surface area contributed by atoms with Gasteiger partial charge in [-0.15, -0.1) is 5.10 Å². The average molecular weight is 1840 g/mol. The van der Waals surface area contributed by atoms with Crippen LogP contribution in [0.1, 0.15) is 292 Å². The van der Waals surface area contributed by atoms with Gasteiger partial charge < -0.3 is 42.6 Å². The number of halogens is 1. The number of ether oxygens (including phenoxy) is 7. The van der Waals surface area contributed by atoms with Crippen LogP contribution >= 0.6 is 11.6 Å². The first-order chi connectivity index (χ1) is 61.7. The van der Waals surface area contributed by atoms with Crippen LogP contribution in [0.3, 0.4) is 0 Å². The fourth-order valence-electron chi connectivity index (χ4n) is 12.9. The maximum absolute atomic E-state index is 8.90. The Morgan fingerprint density at radius 1 is 0.541 bits per heavy atom. The van der Waals surface area contributed by atoms with Crippen molar-refractivity contribution in [2.45, 2.75) is 315 Å². The molecule has 2 aliphatic heterocycles. The number of pyridine rings is 1. The number of morpholine rings is 1. The van der Waals surface area contributed by atoms with E-state index in [4.69, 9.17) is 55.3 Å². The lowest BCUT2D eigenvalue weighted by molar-refractivity contribution is -0.0169. The van der Waals surface area contributed by atoms with Gasteiger partial charge in [-0.3, -0.25) is 0 Å². The van der Waals surface area contributed by atoms with Crippen LogP contribution in [-0.2, 0) is 51.6 Å². The molecular weight excluding hydrogens is 1670 g/mol. The molecule has 0 amide bonds. The third kappa shape index (κ3) is 40.4. The van der Waals surface area contributed by atoms with E-state index in [-0.39, 0.29) is 56.2 Å². The fraction of sp³-hybridized carbons (Fsp3) is 0.522. The van der Waals surface area contributed by atoms with Crippen LogP contribution in [-0.4, -0.2) is 98.9 Å². The number of anilines is 1. The highest BCUT2D eigenvalue weighted by atomic mass is 35.5. The van der Waals surface area contributed by atoms with Gasteiger partial charge in [0.25, 0.3) is 0 Å². The smallest absolute Gasteiger partial charge is 0.225 e. The summed E-state index contributed by atoms with van der Waals surface area (Å²) in [7, 11) is 1.70. The van der Waals surface area contributed by atoms with E-state index in [1.54, 1.807) is 31.5 Å². The quantitative estimate of drug-likeness (QED) is 0.0941. The Morgan fingerprint density at radius 3 is 1.66 bits per heavy atom. The van der Waals surface area contributed by atoms with E-state index in [1.165, 1.54) is 38.7 Å². The molecule has 17 nitrogen and oxygen atoms in total. The zero-order valence-corrected chi connectivity index (χ0v) is 88.8. The summed E-state index contributed by atoms with van der Waals surface area (Å²) >= 11 is 6.15. The zero-order valence-electron chi connectivity index (χ0n) is 88.1. The third-order valence-electron chi connectivity index (χ3n) is 22.6. The van der Waals surface area contributed by atoms with Crippen LogP contribution < -0.4 is 28.6 Å². The number of rotatable bonds is 15. The molecule has 13 rings (SSSR count). The van der Waals surface area contributed by atoms with Crippen LogP contribution in [0.5, 0.6) is 28.9 Å². The van der Waals surface area contributed by atoms with Crippen LogP contribution in [0.25, 0.3) is 21.9 Å². The first-order valence-electron chi connectivity index (χ1n) is 47.5. The molecule has 1 fully saturated rings. The third-order valence-corrected chi connectivity index (χ3v) is 22.9. The lowest BCUT2D eigenvalue weighted by Gasteiger charge is -2.28. The standard InChI is InChI=1S/C17H21NO.C14H19NO.2C13H17NO.C12H18ClN3O.C12H17N3.C12H16O.C12H18.C10H22O/c1-13(14-8-6-5-7-9-14)19-16-11-10-15(12-18-16)17(2,3)4;1-14(2,3)10-15-8-7-11-9-12(16-4)5-6-13(11)15;1-10(13(2,3)4)15-12-7-5-6-11(8-12)9-14;1-10(13(2,3)4)15-12-8-6-5-7-11(12)9-14;1-12(2,3)10-9(13)8-14-11(15-10)16-4-6-17-7-5-16;1-5-15-11-7-6-9(12(2,3)4)8-10(11)13-14-15;1-12(2,3)11-8-9-6-4-5-7-10(9)13-11;1-10-5-7-11(8-6-10)9-12(2,3)4;1-8(2)7-11-9(3)10(4,5)6/h5-13H,1-4H3;5-9H,10H2,1-4H3;2*5-8,10H,1-4H3;8H,4-7H2,1-3H3;6-8H,5H2,1-4H3;4-7,11H,8H2,1-3H3;5-8H,9H2,1-4H3;8-9H,7H2,1-6H3. The molecule has 0 bridgehead atoms. The predicted molar refractivity (Wildman–Crippen MR) is 557 cm³/mol. The number of aromatic nitrogens is 7. The van der Waals surface area contributed by atoms with Gasteiger partial charge in [0.15, 0.2) is 0 Å². The highest BCUT2D eigenvalue weighted by Crippen LogP contribution is 2.38. The molecule has 5 atom stereocenters. The number of hydrogen-bond donors (Lipinski definition) is 0. The number of nitriles is 2. The predicted octanol–water partition coefficient (Wildman–Crippen LogP) is 29.7. The van der Waals surface area contributed by atoms with Crippen molar-refractivity contribution in [2.24, 2.45) is 38.4 Å². The van der Waals surface area contributed by atoms with Crippen LogP contribution in [0.15, 0.2) is 201 Å². The van der Waals surface area contributed by atoms with Gasteiger partial charge in [-0.2, -0.15) is 10.5 Å². The van der Waals surface area contributed by atoms with Gasteiger partial charge in [0.05, 0.1) is 66.1 Å². The van der Waals surface area contributed by atoms with Gasteiger partial charge >= 0.3 is 0 Å². The van der Waals surface area contributed by atoms with Crippen molar-refractivity contribution >= 4 is 39.5 Å². The first kappa shape index (κ1) is 113. The summed E-state index contributed by atoms with van der Waals surface area (Å²) in [6.45, 7) is 81.8. The Kier molecular flexibility index (Phi) is 43.3. The monoisotopic (exact) mass is 1830 g/mol. The van der Waals surface area contributed by atoms with Crippen molar-refractivity contribution in [3.8, 4) is 41.0 Å². The van der Waals surface area contributed by atoms with Crippen molar-refractivity contribution in [1.29, 1.82) is 10.5 Å². The van der Waals surface area contributed by atoms with Crippen molar-refractivity contribution in [3.05, 3.63) is 256 Å². The Labute approximate surface area is 807 Å². The maximum atomic E-state index is 8.90. The molecule has 6 heterocycles. The molecule has 7 aromatic carbocycles. The van der Waals surface area contributed by atoms with Crippen LogP contribution in [0, 0.1) is 68.0 Å². The van der Waals surface area contributed by atoms with E-state index >= 15 is 0 Å². The summed E-state index contributed by atoms with van der Waals surface area (Å²) in [4.78, 5) is 15.4. The van der Waals surface area contributed by atoms with Crippen LogP contribution in [0.2, 0.25) is 5.02 Å². The Bertz CT molecular complexity index is 5320. The summed E-state index contributed by atoms with van der Waals surface area (Å²) in [6.07, 6.45) is 8.84. The van der Waals surface area contributed by atoms with Crippen molar-refractivity contribution in [2.75, 3.05) is 44.9 Å². The van der Waals surface area contributed by atoms with E-state index < -0.39 is 0 Å². The summed E-state index contributed by atoms with van der Waals surface area (Å²) < 4.78 is 43.7. The largest absolute Gasteiger partial charge is 0.497 e. The minimum absolute atomic E-state index is 0.00851. The SMILES string of the molecule is CC(C)(C)C1Cc2ccccc2O1.CC(C)(C)c1nc(N2CCOCC2)ncc1Cl.CC(C)COC(C)C(C)(C)C.CC(Oc1ccc(C(C)(C)C)cn1)c1ccccc1.CC(Oc1cccc(C#N)c1)C(C)(C)C.CC(Oc1ccccc1C#N)C(C)(C)C.CCn1nnc2cc(C(C)(C)C)ccc21.COc1ccc2c(ccn2CC(C)(C)C)c1.Cc1ccc(CC(C)(C)C)cc1. The number of fused-ring (bicyclic) bond motifs is 3.